The highest BCUT2D eigenvalue weighted by Crippen LogP contribution is 2.17. The molecule has 2 rings (SSSR count). The smallest absolute Gasteiger partial charge is 0.335 e. The van der Waals surface area contributed by atoms with Gasteiger partial charge in [0.2, 0.25) is 0 Å². The lowest BCUT2D eigenvalue weighted by Gasteiger charge is -2.17. The highest BCUT2D eigenvalue weighted by Gasteiger charge is 2.25. The van der Waals surface area contributed by atoms with Crippen LogP contribution in [0.1, 0.15) is 18.5 Å². The predicted octanol–water partition coefficient (Wildman–Crippen LogP) is 1.40. The molecule has 0 aliphatic carbocycles. The van der Waals surface area contributed by atoms with Crippen LogP contribution >= 0.6 is 0 Å². The van der Waals surface area contributed by atoms with E-state index in [0.717, 1.165) is 4.68 Å². The van der Waals surface area contributed by atoms with Crippen molar-refractivity contribution in [3.8, 4) is 0 Å². The van der Waals surface area contributed by atoms with Gasteiger partial charge in [0.1, 0.15) is 0 Å². The van der Waals surface area contributed by atoms with Crippen LogP contribution in [-0.4, -0.2) is 22.4 Å². The molecule has 5 nitrogen and oxygen atoms in total. The van der Waals surface area contributed by atoms with E-state index in [2.05, 4.69) is 5.10 Å². The van der Waals surface area contributed by atoms with Crippen molar-refractivity contribution >= 4 is 5.97 Å². The normalized spacial score (nSPS) is 11.8. The number of aromatic nitrogens is 2. The Morgan fingerprint density at radius 2 is 2.00 bits per heavy atom. The average molecular weight is 258 g/mol. The van der Waals surface area contributed by atoms with Crippen LogP contribution in [0, 0.1) is 0 Å². The zero-order chi connectivity index (χ0) is 13.7. The van der Waals surface area contributed by atoms with Crippen LogP contribution in [-0.2, 0) is 9.53 Å². The van der Waals surface area contributed by atoms with Crippen LogP contribution < -0.4 is 5.56 Å². The summed E-state index contributed by atoms with van der Waals surface area (Å²) in [6.07, 6.45) is 1.47. The quantitative estimate of drug-likeness (QED) is 0.778. The van der Waals surface area contributed by atoms with E-state index in [1.165, 1.54) is 18.3 Å². The molecular weight excluding hydrogens is 244 g/mol. The molecule has 0 radical (unpaired) electrons. The van der Waals surface area contributed by atoms with Gasteiger partial charge < -0.3 is 4.74 Å². The molecule has 1 atom stereocenters. The lowest BCUT2D eigenvalue weighted by Crippen LogP contribution is -2.33. The lowest BCUT2D eigenvalue weighted by atomic mass is 10.1. The summed E-state index contributed by atoms with van der Waals surface area (Å²) in [5.41, 5.74) is 0.325. The van der Waals surface area contributed by atoms with Crippen LogP contribution in [0.5, 0.6) is 0 Å². The number of carbonyl (C=O) groups excluding carboxylic acids is 1. The topological polar surface area (TPSA) is 61.2 Å². The summed E-state index contributed by atoms with van der Waals surface area (Å²) in [5.74, 6) is -0.491. The molecule has 0 fully saturated rings. The van der Waals surface area contributed by atoms with Gasteiger partial charge in [-0.2, -0.15) is 5.10 Å². The van der Waals surface area contributed by atoms with Crippen molar-refractivity contribution < 1.29 is 9.53 Å². The number of benzene rings is 1. The molecule has 0 saturated heterocycles. The van der Waals surface area contributed by atoms with Gasteiger partial charge in [-0.25, -0.2) is 9.48 Å². The number of esters is 1. The van der Waals surface area contributed by atoms with Crippen LogP contribution in [0.2, 0.25) is 0 Å². The van der Waals surface area contributed by atoms with Crippen molar-refractivity contribution in [3.05, 3.63) is 64.6 Å². The van der Waals surface area contributed by atoms with Crippen molar-refractivity contribution in [3.63, 3.8) is 0 Å². The summed E-state index contributed by atoms with van der Waals surface area (Å²) in [4.78, 5) is 23.9. The Morgan fingerprint density at radius 1 is 1.26 bits per heavy atom. The van der Waals surface area contributed by atoms with Gasteiger partial charge in [0.05, 0.1) is 6.61 Å². The van der Waals surface area contributed by atoms with Crippen LogP contribution in [0.25, 0.3) is 0 Å². The third kappa shape index (κ3) is 2.88. The molecule has 0 spiro atoms. The zero-order valence-corrected chi connectivity index (χ0v) is 10.5. The van der Waals surface area contributed by atoms with E-state index >= 15 is 0 Å². The second-order valence-corrected chi connectivity index (χ2v) is 3.87. The van der Waals surface area contributed by atoms with Gasteiger partial charge in [0.15, 0.2) is 6.04 Å². The second kappa shape index (κ2) is 5.95. The van der Waals surface area contributed by atoms with Gasteiger partial charge in [-0.15, -0.1) is 0 Å². The monoisotopic (exact) mass is 258 g/mol. The summed E-state index contributed by atoms with van der Waals surface area (Å²) in [6.45, 7) is 1.98. The molecule has 0 amide bonds. The first-order chi connectivity index (χ1) is 9.24. The van der Waals surface area contributed by atoms with E-state index in [1.807, 2.05) is 6.07 Å². The van der Waals surface area contributed by atoms with E-state index in [4.69, 9.17) is 4.74 Å². The van der Waals surface area contributed by atoms with E-state index in [0.29, 0.717) is 5.56 Å². The standard InChI is InChI=1S/C14H14N2O3/c1-2-19-14(18)13(11-7-4-3-5-8-11)16-12(17)9-6-10-15-16/h3-10,13H,2H2,1H3. The minimum Gasteiger partial charge on any atom is -0.464 e. The summed E-state index contributed by atoms with van der Waals surface area (Å²) in [5, 5.41) is 3.96. The maximum absolute atomic E-state index is 12.1. The first-order valence-corrected chi connectivity index (χ1v) is 5.99. The number of hydrogen-bond acceptors (Lipinski definition) is 4. The van der Waals surface area contributed by atoms with Crippen LogP contribution in [0.4, 0.5) is 0 Å². The van der Waals surface area contributed by atoms with Crippen molar-refractivity contribution in [2.45, 2.75) is 13.0 Å². The Hall–Kier alpha value is -2.43. The molecule has 0 aliphatic heterocycles. The maximum atomic E-state index is 12.1. The van der Waals surface area contributed by atoms with Gasteiger partial charge in [-0.3, -0.25) is 4.79 Å². The van der Waals surface area contributed by atoms with Gasteiger partial charge in [0, 0.05) is 12.3 Å². The number of nitrogens with zero attached hydrogens (tertiary/aromatic N) is 2. The van der Waals surface area contributed by atoms with E-state index in [9.17, 15) is 9.59 Å². The predicted molar refractivity (Wildman–Crippen MR) is 69.7 cm³/mol. The molecule has 5 heteroatoms. The Labute approximate surface area is 110 Å². The van der Waals surface area contributed by atoms with E-state index in [-0.39, 0.29) is 12.2 Å². The van der Waals surface area contributed by atoms with Crippen LogP contribution in [0.15, 0.2) is 53.5 Å². The number of carbonyl (C=O) groups is 1. The van der Waals surface area contributed by atoms with Gasteiger partial charge >= 0.3 is 5.97 Å². The molecule has 0 N–H and O–H groups in total. The van der Waals surface area contributed by atoms with E-state index in [1.54, 1.807) is 31.2 Å². The number of hydrogen-bond donors (Lipinski definition) is 0. The SMILES string of the molecule is CCOC(=O)C(c1ccccc1)n1ncccc1=O. The summed E-state index contributed by atoms with van der Waals surface area (Å²) >= 11 is 0. The fourth-order valence-electron chi connectivity index (χ4n) is 1.80. The molecule has 19 heavy (non-hydrogen) atoms. The van der Waals surface area contributed by atoms with Gasteiger partial charge in [-0.05, 0) is 18.6 Å². The van der Waals surface area contributed by atoms with Crippen LogP contribution in [0.3, 0.4) is 0 Å². The first kappa shape index (κ1) is 13.0. The largest absolute Gasteiger partial charge is 0.464 e. The minimum atomic E-state index is -0.852. The molecule has 1 aromatic carbocycles. The fraction of sp³-hybridized carbons (Fsp3) is 0.214. The van der Waals surface area contributed by atoms with Crippen molar-refractivity contribution in [2.24, 2.45) is 0 Å². The molecule has 0 aliphatic rings. The molecule has 1 heterocycles. The first-order valence-electron chi connectivity index (χ1n) is 5.99. The summed E-state index contributed by atoms with van der Waals surface area (Å²) in [7, 11) is 0. The zero-order valence-electron chi connectivity index (χ0n) is 10.5. The maximum Gasteiger partial charge on any atom is 0.335 e. The number of rotatable bonds is 4. The Kier molecular flexibility index (Phi) is 4.07. The number of ether oxygens (including phenoxy) is 1. The summed E-state index contributed by atoms with van der Waals surface area (Å²) in [6, 6.07) is 11.0. The van der Waals surface area contributed by atoms with E-state index < -0.39 is 12.0 Å². The Morgan fingerprint density at radius 3 is 2.63 bits per heavy atom. The van der Waals surface area contributed by atoms with Crippen molar-refractivity contribution in [1.82, 2.24) is 9.78 Å². The highest BCUT2D eigenvalue weighted by molar-refractivity contribution is 5.77. The lowest BCUT2D eigenvalue weighted by molar-refractivity contribution is -0.146. The minimum absolute atomic E-state index is 0.254. The third-order valence-corrected chi connectivity index (χ3v) is 2.61. The molecular formula is C14H14N2O3. The molecule has 2 aromatic rings. The second-order valence-electron chi connectivity index (χ2n) is 3.87. The molecule has 0 saturated carbocycles. The molecule has 1 aromatic heterocycles. The third-order valence-electron chi connectivity index (χ3n) is 2.61. The van der Waals surface area contributed by atoms with Crippen molar-refractivity contribution in [1.29, 1.82) is 0 Å². The Bertz CT molecular complexity index is 607. The molecule has 98 valence electrons. The Balaban J connectivity index is 2.50. The highest BCUT2D eigenvalue weighted by atomic mass is 16.5. The average Bonchev–Trinajstić information content (AvgIpc) is 2.43. The summed E-state index contributed by atoms with van der Waals surface area (Å²) < 4.78 is 6.16. The van der Waals surface area contributed by atoms with Gasteiger partial charge in [0.25, 0.3) is 5.56 Å². The van der Waals surface area contributed by atoms with Gasteiger partial charge in [-0.1, -0.05) is 30.3 Å². The molecule has 1 unspecified atom stereocenters. The fourth-order valence-corrected chi connectivity index (χ4v) is 1.80. The molecule has 0 bridgehead atoms. The van der Waals surface area contributed by atoms with Crippen molar-refractivity contribution in [2.75, 3.05) is 6.61 Å².